The first kappa shape index (κ1) is 31.9. The Kier molecular flexibility index (Phi) is 7.01. The molecule has 0 saturated heterocycles. The molecule has 0 aliphatic heterocycles. The van der Waals surface area contributed by atoms with Crippen LogP contribution in [-0.4, -0.2) is 12.8 Å². The van der Waals surface area contributed by atoms with Gasteiger partial charge < -0.3 is 0 Å². The minimum atomic E-state index is 0.296. The molecule has 45 heavy (non-hydrogen) atoms. The third-order valence-corrected chi connectivity index (χ3v) is 20.4. The lowest BCUT2D eigenvalue weighted by molar-refractivity contribution is -0.0736. The standard InChI is InChI=1S/C44H73N/c1-9-43-25-14-13-24-42-27-32-19-26-37(42,4)22-11-12-23-38(43,5)28-35-34-18-16-21-36(3,31-45-10-2)20-15-17-33(32)41(8)40(7,30-42)44(34,41)29-39(35,43)6/h31-35H,9-30H2,1-8H3/b45-31-/t32?,33?,34-,35?,36+,37?,38?,39+,40+,41?,42?,43?,44-/m0/s1. The monoisotopic (exact) mass is 616 g/mol. The quantitative estimate of drug-likeness (QED) is 0.280. The van der Waals surface area contributed by atoms with Crippen LogP contribution in [0.2, 0.25) is 0 Å². The highest BCUT2D eigenvalue weighted by atomic mass is 15.0. The molecule has 8 rings (SSSR count). The Bertz CT molecular complexity index is 1220. The van der Waals surface area contributed by atoms with E-state index < -0.39 is 0 Å². The molecule has 13 atom stereocenters. The van der Waals surface area contributed by atoms with Crippen molar-refractivity contribution < 1.29 is 0 Å². The number of rotatable bonds is 3. The average molecular weight is 616 g/mol. The molecule has 1 heteroatoms. The van der Waals surface area contributed by atoms with Crippen LogP contribution in [0, 0.1) is 72.4 Å². The van der Waals surface area contributed by atoms with Crippen LogP contribution in [0.1, 0.15) is 190 Å². The molecular formula is C44H73N. The summed E-state index contributed by atoms with van der Waals surface area (Å²) in [7, 11) is 0. The van der Waals surface area contributed by atoms with Crippen molar-refractivity contribution in [3.05, 3.63) is 0 Å². The molecule has 6 bridgehead atoms. The van der Waals surface area contributed by atoms with E-state index in [0.29, 0.717) is 48.7 Å². The number of hydrogen-bond donors (Lipinski definition) is 0. The molecule has 0 aromatic heterocycles. The summed E-state index contributed by atoms with van der Waals surface area (Å²) in [6, 6.07) is 0. The van der Waals surface area contributed by atoms with E-state index in [4.69, 9.17) is 4.99 Å². The molecule has 2 spiro atoms. The van der Waals surface area contributed by atoms with E-state index in [-0.39, 0.29) is 0 Å². The van der Waals surface area contributed by atoms with Crippen LogP contribution in [0.3, 0.4) is 0 Å². The lowest BCUT2D eigenvalue weighted by Crippen LogP contribution is -2.48. The zero-order chi connectivity index (χ0) is 31.8. The van der Waals surface area contributed by atoms with E-state index in [1.54, 1.807) is 38.5 Å². The third kappa shape index (κ3) is 3.57. The van der Waals surface area contributed by atoms with Crippen molar-refractivity contribution in [2.24, 2.45) is 77.4 Å². The van der Waals surface area contributed by atoms with Crippen molar-refractivity contribution in [1.29, 1.82) is 0 Å². The van der Waals surface area contributed by atoms with Crippen LogP contribution in [0.15, 0.2) is 4.99 Å². The van der Waals surface area contributed by atoms with Crippen LogP contribution in [-0.2, 0) is 0 Å². The van der Waals surface area contributed by atoms with Gasteiger partial charge in [-0.3, -0.25) is 4.99 Å². The molecule has 0 radical (unpaired) electrons. The van der Waals surface area contributed by atoms with E-state index >= 15 is 0 Å². The summed E-state index contributed by atoms with van der Waals surface area (Å²) in [5.74, 6) is 3.81. The van der Waals surface area contributed by atoms with Gasteiger partial charge >= 0.3 is 0 Å². The van der Waals surface area contributed by atoms with Crippen molar-refractivity contribution in [3.8, 4) is 0 Å². The molecule has 8 unspecified atom stereocenters. The van der Waals surface area contributed by atoms with Crippen molar-refractivity contribution >= 4 is 6.21 Å². The normalized spacial score (nSPS) is 60.4. The number of fused-ring (bicyclic) bond motifs is 6. The highest BCUT2D eigenvalue weighted by Crippen LogP contribution is 2.98. The van der Waals surface area contributed by atoms with Crippen LogP contribution in [0.4, 0.5) is 0 Å². The van der Waals surface area contributed by atoms with Crippen molar-refractivity contribution in [3.63, 3.8) is 0 Å². The summed E-state index contributed by atoms with van der Waals surface area (Å²) in [5, 5.41) is 0. The maximum atomic E-state index is 4.93. The molecule has 8 aliphatic carbocycles. The fourth-order valence-corrected chi connectivity index (χ4v) is 18.4. The zero-order valence-corrected chi connectivity index (χ0v) is 31.4. The average Bonchev–Trinajstić information content (AvgIpc) is 3.16. The van der Waals surface area contributed by atoms with E-state index in [9.17, 15) is 0 Å². The third-order valence-electron chi connectivity index (χ3n) is 20.4. The summed E-state index contributed by atoms with van der Waals surface area (Å²) in [5.41, 5.74) is 4.67. The van der Waals surface area contributed by atoms with Gasteiger partial charge in [-0.15, -0.1) is 0 Å². The minimum Gasteiger partial charge on any atom is -0.297 e. The molecule has 0 amide bonds. The van der Waals surface area contributed by atoms with Gasteiger partial charge in [-0.05, 0) is 170 Å². The molecule has 1 nitrogen and oxygen atoms in total. The summed E-state index contributed by atoms with van der Waals surface area (Å²) >= 11 is 0. The smallest absolute Gasteiger partial charge is 0.0357 e. The Morgan fingerprint density at radius 2 is 1.29 bits per heavy atom. The summed E-state index contributed by atoms with van der Waals surface area (Å²) in [4.78, 5) is 4.93. The molecule has 8 aliphatic rings. The van der Waals surface area contributed by atoms with E-state index in [1.165, 1.54) is 96.3 Å². The maximum absolute atomic E-state index is 4.93. The van der Waals surface area contributed by atoms with Gasteiger partial charge in [0, 0.05) is 18.2 Å². The molecular weight excluding hydrogens is 542 g/mol. The second-order valence-electron chi connectivity index (χ2n) is 21.1. The van der Waals surface area contributed by atoms with Crippen LogP contribution in [0.5, 0.6) is 0 Å². The van der Waals surface area contributed by atoms with Crippen molar-refractivity contribution in [2.45, 2.75) is 190 Å². The van der Waals surface area contributed by atoms with Gasteiger partial charge in [0.1, 0.15) is 0 Å². The molecule has 0 heterocycles. The Balaban J connectivity index is 1.38. The zero-order valence-electron chi connectivity index (χ0n) is 31.4. The Morgan fingerprint density at radius 3 is 2.00 bits per heavy atom. The SMILES string of the molecule is CC/N=C\[C@]1(C)CCCC2C3CCC4(C)CCCCC5(C)CC6[C@H](CCC1)[C@@]17C[C@@]6(C)C5(CC)CCCCC4(C3)C[C@]1(C)C27C. The summed E-state index contributed by atoms with van der Waals surface area (Å²) in [6.07, 6.45) is 34.1. The lowest BCUT2D eigenvalue weighted by Gasteiger charge is -2.57. The number of aliphatic imine (C=N–C) groups is 1. The first-order valence-corrected chi connectivity index (χ1v) is 20.8. The summed E-state index contributed by atoms with van der Waals surface area (Å²) < 4.78 is 0. The Morgan fingerprint density at radius 1 is 0.622 bits per heavy atom. The minimum absolute atomic E-state index is 0.296. The molecule has 8 saturated carbocycles. The topological polar surface area (TPSA) is 12.4 Å². The van der Waals surface area contributed by atoms with E-state index in [1.807, 2.05) is 0 Å². The van der Waals surface area contributed by atoms with Crippen LogP contribution < -0.4 is 0 Å². The second kappa shape index (κ2) is 9.89. The predicted molar refractivity (Wildman–Crippen MR) is 192 cm³/mol. The summed E-state index contributed by atoms with van der Waals surface area (Å²) in [6.45, 7) is 23.1. The fourth-order valence-electron chi connectivity index (χ4n) is 18.4. The first-order chi connectivity index (χ1) is 21.3. The van der Waals surface area contributed by atoms with Gasteiger partial charge in [0.2, 0.25) is 0 Å². The highest BCUT2D eigenvalue weighted by molar-refractivity contribution is 5.65. The first-order valence-electron chi connectivity index (χ1n) is 20.8. The van der Waals surface area contributed by atoms with Gasteiger partial charge in [-0.25, -0.2) is 0 Å². The largest absolute Gasteiger partial charge is 0.297 e. The van der Waals surface area contributed by atoms with Gasteiger partial charge in [-0.1, -0.05) is 87.0 Å². The second-order valence-corrected chi connectivity index (χ2v) is 21.1. The molecule has 0 aromatic carbocycles. The molecule has 0 N–H and O–H groups in total. The van der Waals surface area contributed by atoms with Gasteiger partial charge in [0.25, 0.3) is 0 Å². The van der Waals surface area contributed by atoms with E-state index in [0.717, 1.165) is 30.2 Å². The van der Waals surface area contributed by atoms with E-state index in [2.05, 4.69) is 61.6 Å². The number of hydrogen-bond acceptors (Lipinski definition) is 1. The van der Waals surface area contributed by atoms with Crippen LogP contribution in [0.25, 0.3) is 0 Å². The van der Waals surface area contributed by atoms with Gasteiger partial charge in [0.15, 0.2) is 0 Å². The van der Waals surface area contributed by atoms with Crippen LogP contribution >= 0.6 is 0 Å². The van der Waals surface area contributed by atoms with Crippen molar-refractivity contribution in [2.75, 3.05) is 6.54 Å². The van der Waals surface area contributed by atoms with Gasteiger partial charge in [0.05, 0.1) is 0 Å². The number of nitrogens with zero attached hydrogens (tertiary/aromatic N) is 1. The highest BCUT2D eigenvalue weighted by Gasteiger charge is 2.92. The van der Waals surface area contributed by atoms with Crippen molar-refractivity contribution in [1.82, 2.24) is 0 Å². The predicted octanol–water partition coefficient (Wildman–Crippen LogP) is 12.9. The molecule has 0 aromatic rings. The molecule has 254 valence electrons. The molecule has 8 fully saturated rings. The Hall–Kier alpha value is -0.330. The fraction of sp³-hybridized carbons (Fsp3) is 0.977. The Labute approximate surface area is 279 Å². The lowest BCUT2D eigenvalue weighted by atomic mass is 9.47. The maximum Gasteiger partial charge on any atom is 0.0357 e. The van der Waals surface area contributed by atoms with Gasteiger partial charge in [-0.2, -0.15) is 0 Å².